The Bertz CT molecular complexity index is 1410. The lowest BCUT2D eigenvalue weighted by Gasteiger charge is -2.18. The molecule has 9 heteroatoms. The maximum atomic E-state index is 13.4. The van der Waals surface area contributed by atoms with Crippen LogP contribution in [0.3, 0.4) is 0 Å². The summed E-state index contributed by atoms with van der Waals surface area (Å²) in [4.78, 5) is 25.7. The van der Waals surface area contributed by atoms with Gasteiger partial charge in [0.1, 0.15) is 5.82 Å². The van der Waals surface area contributed by atoms with Crippen LogP contribution in [0, 0.1) is 11.2 Å². The molecule has 0 saturated carbocycles. The normalized spacial score (nSPS) is 12.7. The van der Waals surface area contributed by atoms with Crippen LogP contribution < -0.4 is 10.6 Å². The van der Waals surface area contributed by atoms with Crippen molar-refractivity contribution in [3.05, 3.63) is 107 Å². The van der Waals surface area contributed by atoms with E-state index in [9.17, 15) is 22.4 Å². The molecule has 2 amide bonds. The van der Waals surface area contributed by atoms with E-state index in [2.05, 4.69) is 37.5 Å². The van der Waals surface area contributed by atoms with Crippen molar-refractivity contribution in [2.45, 2.75) is 33.1 Å². The van der Waals surface area contributed by atoms with Crippen molar-refractivity contribution in [2.75, 3.05) is 17.6 Å². The predicted octanol–water partition coefficient (Wildman–Crippen LogP) is 5.47. The lowest BCUT2D eigenvalue weighted by molar-refractivity contribution is -0.117. The van der Waals surface area contributed by atoms with Gasteiger partial charge in [-0.1, -0.05) is 69.3 Å². The Kier molecular flexibility index (Phi) is 9.77. The van der Waals surface area contributed by atoms with E-state index in [0.29, 0.717) is 17.7 Å². The van der Waals surface area contributed by atoms with Crippen molar-refractivity contribution in [2.24, 2.45) is 5.41 Å². The first kappa shape index (κ1) is 29.7. The first-order valence-electron chi connectivity index (χ1n) is 12.5. The maximum absolute atomic E-state index is 13.4. The van der Waals surface area contributed by atoms with E-state index < -0.39 is 33.5 Å². The van der Waals surface area contributed by atoms with Gasteiger partial charge in [0, 0.05) is 17.8 Å². The molecule has 0 aliphatic carbocycles. The third-order valence-electron chi connectivity index (χ3n) is 5.84. The fourth-order valence-electron chi connectivity index (χ4n) is 3.73. The number of amides is 2. The molecule has 0 bridgehead atoms. The molecule has 0 spiro atoms. The Morgan fingerprint density at radius 1 is 0.949 bits per heavy atom. The van der Waals surface area contributed by atoms with Gasteiger partial charge in [0.25, 0.3) is 16.0 Å². The fraction of sp³-hybridized carbons (Fsp3) is 0.267. The Balaban J connectivity index is 1.79. The topological polar surface area (TPSA) is 113 Å². The van der Waals surface area contributed by atoms with Crippen molar-refractivity contribution in [1.29, 1.82) is 0 Å². The molecule has 0 heterocycles. The predicted molar refractivity (Wildman–Crippen MR) is 152 cm³/mol. The van der Waals surface area contributed by atoms with Gasteiger partial charge in [0.15, 0.2) is 0 Å². The molecule has 3 aromatic rings. The molecule has 7 nitrogen and oxygen atoms in total. The van der Waals surface area contributed by atoms with Crippen LogP contribution in [0.1, 0.15) is 53.7 Å². The lowest BCUT2D eigenvalue weighted by Crippen LogP contribution is -2.28. The van der Waals surface area contributed by atoms with Crippen LogP contribution in [-0.4, -0.2) is 37.1 Å². The summed E-state index contributed by atoms with van der Waals surface area (Å²) in [6.07, 6.45) is 4.49. The summed E-state index contributed by atoms with van der Waals surface area (Å²) in [5.74, 6) is -2.27. The number of hydrogen-bond donors (Lipinski definition) is 3. The van der Waals surface area contributed by atoms with Gasteiger partial charge >= 0.3 is 0 Å². The first-order chi connectivity index (χ1) is 18.3. The molecule has 39 heavy (non-hydrogen) atoms. The van der Waals surface area contributed by atoms with Crippen LogP contribution in [0.4, 0.5) is 10.1 Å². The van der Waals surface area contributed by atoms with E-state index in [4.69, 9.17) is 4.55 Å². The van der Waals surface area contributed by atoms with E-state index in [-0.39, 0.29) is 17.9 Å². The molecule has 0 radical (unpaired) electrons. The van der Waals surface area contributed by atoms with Crippen LogP contribution in [0.2, 0.25) is 0 Å². The molecule has 0 aromatic heterocycles. The molecule has 3 N–H and O–H groups in total. The van der Waals surface area contributed by atoms with Gasteiger partial charge in [-0.05, 0) is 64.9 Å². The molecule has 3 aromatic carbocycles. The molecular weight excluding hydrogens is 519 g/mol. The Hall–Kier alpha value is -3.82. The number of hydrogen-bond acceptors (Lipinski definition) is 4. The second kappa shape index (κ2) is 12.8. The van der Waals surface area contributed by atoms with Crippen molar-refractivity contribution in [3.63, 3.8) is 0 Å². The highest BCUT2D eigenvalue weighted by atomic mass is 32.2. The number of nitrogens with one attached hydrogen (secondary N) is 2. The largest absolute Gasteiger partial charge is 0.351 e. The summed E-state index contributed by atoms with van der Waals surface area (Å²) in [6.45, 7) is 6.12. The quantitative estimate of drug-likeness (QED) is 0.289. The summed E-state index contributed by atoms with van der Waals surface area (Å²) >= 11 is 0. The lowest BCUT2D eigenvalue weighted by atomic mass is 9.89. The van der Waals surface area contributed by atoms with Gasteiger partial charge in [0.2, 0.25) is 5.91 Å². The van der Waals surface area contributed by atoms with Gasteiger partial charge < -0.3 is 10.6 Å². The highest BCUT2D eigenvalue weighted by Gasteiger charge is 2.22. The second-order valence-electron chi connectivity index (χ2n) is 10.4. The first-order valence-corrected chi connectivity index (χ1v) is 14.1. The maximum Gasteiger partial charge on any atom is 0.266 e. The monoisotopic (exact) mass is 552 g/mol. The van der Waals surface area contributed by atoms with Gasteiger partial charge in [-0.3, -0.25) is 14.1 Å². The van der Waals surface area contributed by atoms with E-state index in [1.807, 2.05) is 30.3 Å². The Labute approximate surface area is 228 Å². The van der Waals surface area contributed by atoms with Gasteiger partial charge in [-0.2, -0.15) is 8.42 Å². The van der Waals surface area contributed by atoms with E-state index in [0.717, 1.165) is 16.7 Å². The zero-order valence-corrected chi connectivity index (χ0v) is 23.0. The standard InChI is InChI=1S/C30H33FN2O5S/c1-30(2,3)17-16-21-4-8-23(9-5-21)27(29(35)33-26-14-12-25(31)13-15-26)20-22-6-10-24(11-7-22)28(34)32-18-19-39(36,37)38/h4-17,27H,18-20H2,1-3H3,(H,32,34)(H,33,35)(H,36,37,38)/b17-16+. The minimum Gasteiger partial charge on any atom is -0.351 e. The minimum atomic E-state index is -4.17. The third-order valence-corrected chi connectivity index (χ3v) is 6.56. The van der Waals surface area contributed by atoms with Crippen LogP contribution >= 0.6 is 0 Å². The Morgan fingerprint density at radius 2 is 1.56 bits per heavy atom. The molecule has 0 saturated heterocycles. The molecule has 0 fully saturated rings. The number of carbonyl (C=O) groups is 2. The molecule has 3 rings (SSSR count). The highest BCUT2D eigenvalue weighted by Crippen LogP contribution is 2.25. The molecule has 0 aliphatic rings. The van der Waals surface area contributed by atoms with Crippen LogP contribution in [0.25, 0.3) is 6.08 Å². The van der Waals surface area contributed by atoms with Crippen molar-refractivity contribution in [3.8, 4) is 0 Å². The average Bonchev–Trinajstić information content (AvgIpc) is 2.87. The second-order valence-corrected chi connectivity index (χ2v) is 11.9. The SMILES string of the molecule is CC(C)(C)/C=C/c1ccc(C(Cc2ccc(C(=O)NCCS(=O)(=O)O)cc2)C(=O)Nc2ccc(F)cc2)cc1. The van der Waals surface area contributed by atoms with Crippen molar-refractivity contribution < 1.29 is 27.0 Å². The average molecular weight is 553 g/mol. The van der Waals surface area contributed by atoms with E-state index >= 15 is 0 Å². The number of allylic oxidation sites excluding steroid dienone is 1. The summed E-state index contributed by atoms with van der Waals surface area (Å²) in [5, 5.41) is 5.30. The van der Waals surface area contributed by atoms with E-state index in [1.165, 1.54) is 24.3 Å². The van der Waals surface area contributed by atoms with Gasteiger partial charge in [-0.25, -0.2) is 4.39 Å². The smallest absolute Gasteiger partial charge is 0.266 e. The fourth-order valence-corrected chi connectivity index (χ4v) is 4.09. The third kappa shape index (κ3) is 10.1. The number of anilines is 1. The number of carbonyl (C=O) groups excluding carboxylic acids is 2. The van der Waals surface area contributed by atoms with Crippen LogP contribution in [0.15, 0.2) is 78.9 Å². The van der Waals surface area contributed by atoms with Crippen LogP contribution in [-0.2, 0) is 21.3 Å². The molecule has 1 atom stereocenters. The van der Waals surface area contributed by atoms with Crippen LogP contribution in [0.5, 0.6) is 0 Å². The molecule has 1 unspecified atom stereocenters. The highest BCUT2D eigenvalue weighted by molar-refractivity contribution is 7.85. The number of rotatable bonds is 10. The van der Waals surface area contributed by atoms with Gasteiger partial charge in [0.05, 0.1) is 11.7 Å². The van der Waals surface area contributed by atoms with Crippen molar-refractivity contribution >= 4 is 33.7 Å². The number of halogens is 1. The van der Waals surface area contributed by atoms with E-state index in [1.54, 1.807) is 24.3 Å². The van der Waals surface area contributed by atoms with Crippen molar-refractivity contribution in [1.82, 2.24) is 5.32 Å². The molecular formula is C30H33FN2O5S. The zero-order valence-electron chi connectivity index (χ0n) is 22.1. The van der Waals surface area contributed by atoms with Gasteiger partial charge in [-0.15, -0.1) is 0 Å². The minimum absolute atomic E-state index is 0.0376. The molecule has 206 valence electrons. The zero-order chi connectivity index (χ0) is 28.6. The summed E-state index contributed by atoms with van der Waals surface area (Å²) in [5.41, 5.74) is 3.45. The summed E-state index contributed by atoms with van der Waals surface area (Å²) in [7, 11) is -4.17. The summed E-state index contributed by atoms with van der Waals surface area (Å²) in [6, 6.07) is 19.9. The molecule has 0 aliphatic heterocycles. The number of benzene rings is 3. The summed E-state index contributed by atoms with van der Waals surface area (Å²) < 4.78 is 43.8. The Morgan fingerprint density at radius 3 is 2.13 bits per heavy atom.